The normalized spacial score (nSPS) is 14.4. The van der Waals surface area contributed by atoms with Crippen LogP contribution in [0.15, 0.2) is 86.4 Å². The van der Waals surface area contributed by atoms with Gasteiger partial charge in [0.05, 0.1) is 14.5 Å². The first-order chi connectivity index (χ1) is 14.9. The van der Waals surface area contributed by atoms with Gasteiger partial charge in [-0.25, -0.2) is 14.6 Å². The fourth-order valence-corrected chi connectivity index (χ4v) is 4.26. The van der Waals surface area contributed by atoms with Crippen LogP contribution in [0.5, 0.6) is 5.75 Å². The Balaban J connectivity index is 1.58. The van der Waals surface area contributed by atoms with Gasteiger partial charge in [-0.3, -0.25) is 0 Å². The van der Waals surface area contributed by atoms with Crippen molar-refractivity contribution in [3.8, 4) is 5.75 Å². The van der Waals surface area contributed by atoms with Gasteiger partial charge in [0.15, 0.2) is 11.4 Å². The lowest BCUT2D eigenvalue weighted by molar-refractivity contribution is -0.129. The van der Waals surface area contributed by atoms with Crippen molar-refractivity contribution in [2.75, 3.05) is 0 Å². The third-order valence-electron chi connectivity index (χ3n) is 4.45. The van der Waals surface area contributed by atoms with Crippen molar-refractivity contribution >= 4 is 55.8 Å². The minimum atomic E-state index is -0.527. The molecule has 0 unspecified atom stereocenters. The monoisotopic (exact) mass is 539 g/mol. The Hall–Kier alpha value is -3.03. The Kier molecular flexibility index (Phi) is 6.15. The summed E-state index contributed by atoms with van der Waals surface area (Å²) in [5.74, 6) is -0.390. The molecule has 1 heterocycles. The number of aliphatic imine (C=N–C) groups is 1. The van der Waals surface area contributed by atoms with Gasteiger partial charge in [0.1, 0.15) is 0 Å². The number of cyclic esters (lactones) is 1. The van der Waals surface area contributed by atoms with E-state index in [1.165, 1.54) is 0 Å². The summed E-state index contributed by atoms with van der Waals surface area (Å²) in [5, 5.41) is 0. The molecule has 0 atom stereocenters. The molecular formula is C24H15Br2NO4. The topological polar surface area (TPSA) is 65.0 Å². The van der Waals surface area contributed by atoms with Crippen LogP contribution in [0.3, 0.4) is 0 Å². The Morgan fingerprint density at radius 2 is 1.65 bits per heavy atom. The zero-order chi connectivity index (χ0) is 22.0. The number of hydrogen-bond donors (Lipinski definition) is 0. The van der Waals surface area contributed by atoms with Crippen LogP contribution in [0, 0.1) is 6.92 Å². The number of ether oxygens (including phenoxy) is 2. The summed E-state index contributed by atoms with van der Waals surface area (Å²) in [6.07, 6.45) is 1.61. The molecule has 0 bridgehead atoms. The van der Waals surface area contributed by atoms with Gasteiger partial charge >= 0.3 is 11.9 Å². The predicted octanol–water partition coefficient (Wildman–Crippen LogP) is 6.08. The van der Waals surface area contributed by atoms with Crippen molar-refractivity contribution in [1.29, 1.82) is 0 Å². The molecule has 0 amide bonds. The van der Waals surface area contributed by atoms with E-state index in [9.17, 15) is 9.59 Å². The third kappa shape index (κ3) is 4.84. The van der Waals surface area contributed by atoms with E-state index >= 15 is 0 Å². The summed E-state index contributed by atoms with van der Waals surface area (Å²) in [6.45, 7) is 1.95. The molecule has 5 nitrogen and oxygen atoms in total. The largest absolute Gasteiger partial charge is 0.421 e. The number of hydrogen-bond acceptors (Lipinski definition) is 5. The standard InChI is InChI=1S/C24H15Br2NO4/c1-14-7-9-17(10-8-14)23(28)30-21-18(25)11-15(12-19(21)26)13-20-24(29)31-22(27-20)16-5-3-2-4-6-16/h2-13H,1H3/b20-13-. The van der Waals surface area contributed by atoms with Crippen LogP contribution in [-0.4, -0.2) is 17.8 Å². The second-order valence-corrected chi connectivity index (χ2v) is 8.48. The average molecular weight is 541 g/mol. The van der Waals surface area contributed by atoms with E-state index in [0.29, 0.717) is 25.8 Å². The summed E-state index contributed by atoms with van der Waals surface area (Å²) in [4.78, 5) is 29.0. The van der Waals surface area contributed by atoms with Gasteiger partial charge in [0.2, 0.25) is 5.90 Å². The second kappa shape index (κ2) is 8.99. The highest BCUT2D eigenvalue weighted by Gasteiger charge is 2.24. The molecule has 0 aliphatic carbocycles. The van der Waals surface area contributed by atoms with Crippen LogP contribution in [0.25, 0.3) is 6.08 Å². The average Bonchev–Trinajstić information content (AvgIpc) is 3.12. The molecule has 0 spiro atoms. The zero-order valence-corrected chi connectivity index (χ0v) is 19.4. The molecule has 31 heavy (non-hydrogen) atoms. The zero-order valence-electron chi connectivity index (χ0n) is 16.3. The molecule has 0 fully saturated rings. The fourth-order valence-electron chi connectivity index (χ4n) is 2.87. The smallest absolute Gasteiger partial charge is 0.363 e. The van der Waals surface area contributed by atoms with Crippen LogP contribution < -0.4 is 4.74 Å². The van der Waals surface area contributed by atoms with Crippen LogP contribution in [-0.2, 0) is 9.53 Å². The molecule has 0 N–H and O–H groups in total. The van der Waals surface area contributed by atoms with Crippen LogP contribution in [0.2, 0.25) is 0 Å². The molecule has 4 rings (SSSR count). The Labute approximate surface area is 195 Å². The molecule has 0 radical (unpaired) electrons. The van der Waals surface area contributed by atoms with Crippen molar-refractivity contribution in [1.82, 2.24) is 0 Å². The van der Waals surface area contributed by atoms with E-state index in [2.05, 4.69) is 36.9 Å². The third-order valence-corrected chi connectivity index (χ3v) is 5.63. The van der Waals surface area contributed by atoms with E-state index in [4.69, 9.17) is 9.47 Å². The molecule has 1 aliphatic rings. The molecule has 0 saturated carbocycles. The predicted molar refractivity (Wildman–Crippen MR) is 125 cm³/mol. The Bertz CT molecular complexity index is 1210. The molecule has 0 aromatic heterocycles. The van der Waals surface area contributed by atoms with Crippen LogP contribution >= 0.6 is 31.9 Å². The molecule has 3 aromatic carbocycles. The van der Waals surface area contributed by atoms with Crippen LogP contribution in [0.1, 0.15) is 27.0 Å². The van der Waals surface area contributed by atoms with Gasteiger partial charge in [-0.2, -0.15) is 0 Å². The maximum atomic E-state index is 12.5. The lowest BCUT2D eigenvalue weighted by Crippen LogP contribution is -2.09. The van der Waals surface area contributed by atoms with Crippen LogP contribution in [0.4, 0.5) is 0 Å². The summed E-state index contributed by atoms with van der Waals surface area (Å²) >= 11 is 6.87. The van der Waals surface area contributed by atoms with Crippen molar-refractivity contribution in [3.05, 3.63) is 104 Å². The number of aryl methyl sites for hydroxylation is 1. The SMILES string of the molecule is Cc1ccc(C(=O)Oc2c(Br)cc(/C=C3\N=C(c4ccccc4)OC3=O)cc2Br)cc1. The van der Waals surface area contributed by atoms with E-state index in [-0.39, 0.29) is 11.6 Å². The van der Waals surface area contributed by atoms with Gasteiger partial charge in [0, 0.05) is 5.56 Å². The lowest BCUT2D eigenvalue weighted by Gasteiger charge is -2.10. The highest BCUT2D eigenvalue weighted by atomic mass is 79.9. The van der Waals surface area contributed by atoms with E-state index in [1.807, 2.05) is 49.4 Å². The highest BCUT2D eigenvalue weighted by molar-refractivity contribution is 9.11. The first kappa shape index (κ1) is 21.2. The summed E-state index contributed by atoms with van der Waals surface area (Å²) in [6, 6.07) is 19.8. The second-order valence-electron chi connectivity index (χ2n) is 6.77. The molecule has 154 valence electrons. The number of nitrogens with zero attached hydrogens (tertiary/aromatic N) is 1. The number of carbonyl (C=O) groups excluding carboxylic acids is 2. The number of halogens is 2. The molecular weight excluding hydrogens is 526 g/mol. The lowest BCUT2D eigenvalue weighted by atomic mass is 10.1. The quantitative estimate of drug-likeness (QED) is 0.228. The number of benzene rings is 3. The van der Waals surface area contributed by atoms with Gasteiger partial charge in [0.25, 0.3) is 0 Å². The highest BCUT2D eigenvalue weighted by Crippen LogP contribution is 2.36. The summed E-state index contributed by atoms with van der Waals surface area (Å²) < 4.78 is 11.9. The minimum absolute atomic E-state index is 0.182. The molecule has 0 saturated heterocycles. The summed E-state index contributed by atoms with van der Waals surface area (Å²) in [7, 11) is 0. The van der Waals surface area contributed by atoms with Gasteiger partial charge in [-0.15, -0.1) is 0 Å². The van der Waals surface area contributed by atoms with Crippen molar-refractivity contribution in [2.45, 2.75) is 6.92 Å². The van der Waals surface area contributed by atoms with E-state index in [1.54, 1.807) is 30.3 Å². The summed E-state index contributed by atoms with van der Waals surface area (Å²) in [5.41, 5.74) is 3.09. The van der Waals surface area contributed by atoms with Gasteiger partial charge in [-0.05, 0) is 86.8 Å². The fraction of sp³-hybridized carbons (Fsp3) is 0.0417. The minimum Gasteiger partial charge on any atom is -0.421 e. The van der Waals surface area contributed by atoms with Gasteiger partial charge in [-0.1, -0.05) is 35.9 Å². The van der Waals surface area contributed by atoms with Crippen molar-refractivity contribution in [3.63, 3.8) is 0 Å². The number of carbonyl (C=O) groups is 2. The van der Waals surface area contributed by atoms with Gasteiger partial charge < -0.3 is 9.47 Å². The molecule has 1 aliphatic heterocycles. The van der Waals surface area contributed by atoms with Crippen molar-refractivity contribution in [2.24, 2.45) is 4.99 Å². The Morgan fingerprint density at radius 3 is 2.29 bits per heavy atom. The Morgan fingerprint density at radius 1 is 1.00 bits per heavy atom. The number of esters is 2. The van der Waals surface area contributed by atoms with Crippen molar-refractivity contribution < 1.29 is 19.1 Å². The number of rotatable bonds is 4. The van der Waals surface area contributed by atoms with E-state index < -0.39 is 11.9 Å². The van der Waals surface area contributed by atoms with E-state index in [0.717, 1.165) is 11.1 Å². The molecule has 7 heteroatoms. The maximum Gasteiger partial charge on any atom is 0.363 e. The first-order valence-corrected chi connectivity index (χ1v) is 10.9. The first-order valence-electron chi connectivity index (χ1n) is 9.26. The maximum absolute atomic E-state index is 12.5. The molecule has 3 aromatic rings.